The molecular weight excluding hydrogens is 308 g/mol. The Bertz CT molecular complexity index is 707. The Kier molecular flexibility index (Phi) is 6.05. The summed E-state index contributed by atoms with van der Waals surface area (Å²) >= 11 is 0. The van der Waals surface area contributed by atoms with E-state index in [1.165, 1.54) is 6.20 Å². The topological polar surface area (TPSA) is 128 Å². The number of nitrogens with two attached hydrogens (primary N) is 2. The Balaban J connectivity index is 2.20. The van der Waals surface area contributed by atoms with Crippen molar-refractivity contribution in [3.63, 3.8) is 0 Å². The van der Waals surface area contributed by atoms with Crippen LogP contribution in [0.5, 0.6) is 0 Å². The summed E-state index contributed by atoms with van der Waals surface area (Å²) in [6.07, 6.45) is 1.39. The molecule has 128 valence electrons. The van der Waals surface area contributed by atoms with E-state index in [1.54, 1.807) is 7.11 Å². The number of nitrogens with one attached hydrogen (secondary N) is 2. The number of anilines is 3. The zero-order valence-corrected chi connectivity index (χ0v) is 13.7. The van der Waals surface area contributed by atoms with E-state index in [1.807, 2.05) is 31.2 Å². The van der Waals surface area contributed by atoms with E-state index < -0.39 is 5.91 Å². The van der Waals surface area contributed by atoms with Crippen molar-refractivity contribution in [1.82, 2.24) is 9.97 Å². The van der Waals surface area contributed by atoms with Crippen LogP contribution in [0.25, 0.3) is 0 Å². The van der Waals surface area contributed by atoms with Crippen LogP contribution in [-0.4, -0.2) is 42.2 Å². The number of hydrogen-bond donors (Lipinski definition) is 4. The Hall–Kier alpha value is -2.71. The normalized spacial score (nSPS) is 11.8. The summed E-state index contributed by atoms with van der Waals surface area (Å²) in [5.41, 5.74) is 13.3. The number of aromatic nitrogens is 2. The van der Waals surface area contributed by atoms with Crippen molar-refractivity contribution in [1.29, 1.82) is 0 Å². The van der Waals surface area contributed by atoms with Crippen LogP contribution in [0.1, 0.15) is 15.9 Å². The van der Waals surface area contributed by atoms with Crippen molar-refractivity contribution < 1.29 is 9.53 Å². The van der Waals surface area contributed by atoms with E-state index in [2.05, 4.69) is 20.6 Å². The number of primary amides is 1. The summed E-state index contributed by atoms with van der Waals surface area (Å²) in [6, 6.07) is 7.51. The fraction of sp³-hybridized carbons (Fsp3) is 0.312. The lowest BCUT2D eigenvalue weighted by Crippen LogP contribution is -2.33. The van der Waals surface area contributed by atoms with E-state index in [0.29, 0.717) is 24.9 Å². The monoisotopic (exact) mass is 330 g/mol. The van der Waals surface area contributed by atoms with Crippen LogP contribution in [0.15, 0.2) is 30.5 Å². The van der Waals surface area contributed by atoms with E-state index in [-0.39, 0.29) is 11.6 Å². The number of amides is 1. The molecule has 0 spiro atoms. The second-order valence-corrected chi connectivity index (χ2v) is 5.41. The van der Waals surface area contributed by atoms with Gasteiger partial charge in [0.15, 0.2) is 0 Å². The highest BCUT2D eigenvalue weighted by Gasteiger charge is 2.13. The molecule has 0 aliphatic rings. The largest absolute Gasteiger partial charge is 0.383 e. The number of aryl methyl sites for hydroxylation is 1. The number of methoxy groups -OCH3 is 1. The molecule has 0 aliphatic carbocycles. The Labute approximate surface area is 140 Å². The van der Waals surface area contributed by atoms with Gasteiger partial charge in [0.1, 0.15) is 11.4 Å². The summed E-state index contributed by atoms with van der Waals surface area (Å²) in [6.45, 7) is 2.83. The zero-order chi connectivity index (χ0) is 17.5. The summed E-state index contributed by atoms with van der Waals surface area (Å²) in [7, 11) is 1.59. The fourth-order valence-electron chi connectivity index (χ4n) is 2.10. The van der Waals surface area contributed by atoms with E-state index >= 15 is 0 Å². The van der Waals surface area contributed by atoms with Crippen LogP contribution in [0.3, 0.4) is 0 Å². The number of carbonyl (C=O) groups is 1. The van der Waals surface area contributed by atoms with Gasteiger partial charge >= 0.3 is 0 Å². The molecule has 1 aromatic carbocycles. The molecular formula is C16H22N6O2. The van der Waals surface area contributed by atoms with Gasteiger partial charge in [-0.3, -0.25) is 4.79 Å². The van der Waals surface area contributed by atoms with Gasteiger partial charge in [-0.2, -0.15) is 4.98 Å². The molecule has 0 radical (unpaired) electrons. The molecule has 0 saturated heterocycles. The number of nitrogens with zero attached hydrogens (tertiary/aromatic N) is 2. The lowest BCUT2D eigenvalue weighted by molar-refractivity contribution is 0.100. The van der Waals surface area contributed by atoms with Crippen molar-refractivity contribution in [3.05, 3.63) is 41.6 Å². The molecule has 1 heterocycles. The molecule has 8 heteroatoms. The maximum atomic E-state index is 11.6. The van der Waals surface area contributed by atoms with Gasteiger partial charge in [0, 0.05) is 31.6 Å². The SMILES string of the molecule is COCC(N)CNc1ncc(C(N)=O)c(Nc2cccc(C)c2)n1. The number of rotatable bonds is 8. The molecule has 8 nitrogen and oxygen atoms in total. The first-order valence-corrected chi connectivity index (χ1v) is 7.48. The Morgan fingerprint density at radius 2 is 2.21 bits per heavy atom. The summed E-state index contributed by atoms with van der Waals surface area (Å²) < 4.78 is 4.98. The lowest BCUT2D eigenvalue weighted by atomic mass is 10.2. The second kappa shape index (κ2) is 8.23. The van der Waals surface area contributed by atoms with E-state index in [0.717, 1.165) is 11.3 Å². The second-order valence-electron chi connectivity index (χ2n) is 5.41. The molecule has 1 amide bonds. The molecule has 6 N–H and O–H groups in total. The average molecular weight is 330 g/mol. The fourth-order valence-corrected chi connectivity index (χ4v) is 2.10. The third-order valence-corrected chi connectivity index (χ3v) is 3.24. The molecule has 2 rings (SSSR count). The zero-order valence-electron chi connectivity index (χ0n) is 13.7. The summed E-state index contributed by atoms with van der Waals surface area (Å²) in [5.74, 6) is 0.0837. The predicted octanol–water partition coefficient (Wildman–Crippen LogP) is 1.01. The first-order valence-electron chi connectivity index (χ1n) is 7.48. The maximum absolute atomic E-state index is 11.6. The van der Waals surface area contributed by atoms with Gasteiger partial charge < -0.3 is 26.8 Å². The minimum Gasteiger partial charge on any atom is -0.383 e. The highest BCUT2D eigenvalue weighted by Crippen LogP contribution is 2.20. The minimum atomic E-state index is -0.604. The van der Waals surface area contributed by atoms with Crippen LogP contribution in [0.2, 0.25) is 0 Å². The Morgan fingerprint density at radius 3 is 2.88 bits per heavy atom. The van der Waals surface area contributed by atoms with Crippen molar-refractivity contribution in [2.45, 2.75) is 13.0 Å². The van der Waals surface area contributed by atoms with Gasteiger partial charge in [0.05, 0.1) is 6.61 Å². The van der Waals surface area contributed by atoms with Crippen molar-refractivity contribution >= 4 is 23.4 Å². The van der Waals surface area contributed by atoms with Gasteiger partial charge in [0.2, 0.25) is 5.95 Å². The number of carbonyl (C=O) groups excluding carboxylic acids is 1. The van der Waals surface area contributed by atoms with Gasteiger partial charge in [-0.1, -0.05) is 12.1 Å². The van der Waals surface area contributed by atoms with Gasteiger partial charge in [-0.25, -0.2) is 4.98 Å². The maximum Gasteiger partial charge on any atom is 0.254 e. The number of ether oxygens (including phenoxy) is 1. The molecule has 0 saturated carbocycles. The first-order chi connectivity index (χ1) is 11.5. The smallest absolute Gasteiger partial charge is 0.254 e. The van der Waals surface area contributed by atoms with Gasteiger partial charge in [-0.05, 0) is 24.6 Å². The van der Waals surface area contributed by atoms with Crippen LogP contribution < -0.4 is 22.1 Å². The van der Waals surface area contributed by atoms with Gasteiger partial charge in [0.25, 0.3) is 5.91 Å². The average Bonchev–Trinajstić information content (AvgIpc) is 2.53. The highest BCUT2D eigenvalue weighted by atomic mass is 16.5. The third kappa shape index (κ3) is 4.90. The number of hydrogen-bond acceptors (Lipinski definition) is 7. The molecule has 0 fully saturated rings. The molecule has 2 aromatic rings. The summed E-state index contributed by atoms with van der Waals surface area (Å²) in [5, 5.41) is 6.11. The molecule has 1 atom stereocenters. The van der Waals surface area contributed by atoms with Crippen LogP contribution in [0.4, 0.5) is 17.5 Å². The molecule has 1 aromatic heterocycles. The molecule has 24 heavy (non-hydrogen) atoms. The molecule has 0 aliphatic heterocycles. The van der Waals surface area contributed by atoms with E-state index in [4.69, 9.17) is 16.2 Å². The first kappa shape index (κ1) is 17.6. The third-order valence-electron chi connectivity index (χ3n) is 3.24. The van der Waals surface area contributed by atoms with Crippen LogP contribution in [-0.2, 0) is 4.74 Å². The molecule has 1 unspecified atom stereocenters. The Morgan fingerprint density at radius 1 is 1.42 bits per heavy atom. The van der Waals surface area contributed by atoms with Crippen LogP contribution >= 0.6 is 0 Å². The molecule has 0 bridgehead atoms. The summed E-state index contributed by atoms with van der Waals surface area (Å²) in [4.78, 5) is 20.0. The lowest BCUT2D eigenvalue weighted by Gasteiger charge is -2.14. The van der Waals surface area contributed by atoms with Crippen molar-refractivity contribution in [2.75, 3.05) is 30.9 Å². The van der Waals surface area contributed by atoms with Crippen LogP contribution in [0, 0.1) is 6.92 Å². The predicted molar refractivity (Wildman–Crippen MR) is 93.4 cm³/mol. The standard InChI is InChI=1S/C16H22N6O2/c1-10-4-3-5-12(6-10)21-15-13(14(18)23)8-20-16(22-15)19-7-11(17)9-24-2/h3-6,8,11H,7,9,17H2,1-2H3,(H2,18,23)(H2,19,20,21,22). The minimum absolute atomic E-state index is 0.192. The van der Waals surface area contributed by atoms with Crippen molar-refractivity contribution in [2.24, 2.45) is 11.5 Å². The number of benzene rings is 1. The quantitative estimate of drug-likeness (QED) is 0.568. The highest BCUT2D eigenvalue weighted by molar-refractivity contribution is 5.98. The van der Waals surface area contributed by atoms with Gasteiger partial charge in [-0.15, -0.1) is 0 Å². The van der Waals surface area contributed by atoms with Crippen molar-refractivity contribution in [3.8, 4) is 0 Å². The van der Waals surface area contributed by atoms with E-state index in [9.17, 15) is 4.79 Å².